The number of piperidine rings is 3. The monoisotopic (exact) mass is 889 g/mol. The molecule has 3 N–H and O–H groups in total. The van der Waals surface area contributed by atoms with Crippen molar-refractivity contribution >= 4 is 57.9 Å². The van der Waals surface area contributed by atoms with Gasteiger partial charge in [-0.3, -0.25) is 43.9 Å². The number of anilines is 2. The first-order chi connectivity index (χ1) is 31.4. The topological polar surface area (TPSA) is 192 Å². The summed E-state index contributed by atoms with van der Waals surface area (Å²) in [6, 6.07) is 12.9. The number of benzene rings is 3. The van der Waals surface area contributed by atoms with Gasteiger partial charge in [0, 0.05) is 68.1 Å². The van der Waals surface area contributed by atoms with Crippen molar-refractivity contribution in [2.45, 2.75) is 89.8 Å². The second kappa shape index (κ2) is 18.0. The number of carbonyl (C=O) groups is 6. The van der Waals surface area contributed by atoms with Crippen LogP contribution in [0.15, 0.2) is 59.1 Å². The summed E-state index contributed by atoms with van der Waals surface area (Å²) < 4.78 is 36.3. The molecule has 3 fully saturated rings. The quantitative estimate of drug-likeness (QED) is 0.0944. The molecular weight excluding hydrogens is 841 g/mol. The Kier molecular flexibility index (Phi) is 12.0. The zero-order valence-corrected chi connectivity index (χ0v) is 36.1. The molecule has 65 heavy (non-hydrogen) atoms. The molecule has 6 amide bonds. The first-order valence-corrected chi connectivity index (χ1v) is 22.2. The van der Waals surface area contributed by atoms with Crippen molar-refractivity contribution < 1.29 is 42.1 Å². The molecule has 1 unspecified atom stereocenters. The van der Waals surface area contributed by atoms with E-state index in [0.717, 1.165) is 51.3 Å². The molecule has 0 aliphatic carbocycles. The Morgan fingerprint density at radius 3 is 2.37 bits per heavy atom. The molecule has 338 valence electrons. The van der Waals surface area contributed by atoms with Gasteiger partial charge in [-0.2, -0.15) is 0 Å². The van der Waals surface area contributed by atoms with Gasteiger partial charge in [-0.25, -0.2) is 13.8 Å². The number of imide groups is 2. The third-order valence-corrected chi connectivity index (χ3v) is 13.0. The van der Waals surface area contributed by atoms with E-state index in [2.05, 4.69) is 30.6 Å². The lowest BCUT2D eigenvalue weighted by Gasteiger charge is -2.38. The maximum Gasteiger partial charge on any atom is 0.262 e. The smallest absolute Gasteiger partial charge is 0.262 e. The molecule has 0 bridgehead atoms. The minimum atomic E-state index is -1.03. The van der Waals surface area contributed by atoms with E-state index < -0.39 is 47.3 Å². The average molecular weight is 890 g/mol. The van der Waals surface area contributed by atoms with Gasteiger partial charge in [0.1, 0.15) is 17.6 Å². The second-order valence-corrected chi connectivity index (χ2v) is 17.2. The largest absolute Gasteiger partial charge is 0.385 e. The Labute approximate surface area is 372 Å². The number of imidazole rings is 1. The highest BCUT2D eigenvalue weighted by atomic mass is 19.2. The molecule has 0 radical (unpaired) electrons. The standard InChI is InChI=1S/C47H49F2N9O7/c1-26-43(27(2)65-54-26)28-8-13-37-36(22-28)52-44(38-6-5-7-42(61)56(38)31-10-12-34(48)35(49)24-31)57(37)30-16-20-55(21-17-30)25-41(60)51-19-4-3-18-50-29-9-11-32-33(23-29)47(64)58(46(32)63)39-14-15-40(59)53-45(39)62/h8-13,22-24,30,38-39,50H,3-7,14-21,25H2,1-2H3,(H,51,60)(H,53,59,62)/t38-,39?/m0/s1. The first kappa shape index (κ1) is 43.4. The van der Waals surface area contributed by atoms with E-state index in [-0.39, 0.29) is 60.5 Å². The summed E-state index contributed by atoms with van der Waals surface area (Å²) >= 11 is 0. The van der Waals surface area contributed by atoms with Crippen LogP contribution in [0, 0.1) is 25.5 Å². The van der Waals surface area contributed by atoms with Crippen LogP contribution in [0.5, 0.6) is 0 Å². The molecule has 2 atom stereocenters. The van der Waals surface area contributed by atoms with E-state index in [1.54, 1.807) is 23.1 Å². The number of halogens is 2. The summed E-state index contributed by atoms with van der Waals surface area (Å²) in [6.07, 6.45) is 4.48. The predicted octanol–water partition coefficient (Wildman–Crippen LogP) is 5.89. The number of aromatic nitrogens is 3. The fraction of sp³-hybridized carbons (Fsp3) is 0.404. The minimum Gasteiger partial charge on any atom is -0.385 e. The van der Waals surface area contributed by atoms with Crippen molar-refractivity contribution in [1.29, 1.82) is 0 Å². The summed E-state index contributed by atoms with van der Waals surface area (Å²) in [5.74, 6) is -3.12. The molecule has 18 heteroatoms. The molecule has 4 aliphatic heterocycles. The summed E-state index contributed by atoms with van der Waals surface area (Å²) in [4.78, 5) is 86.6. The number of hydrogen-bond acceptors (Lipinski definition) is 11. The first-order valence-electron chi connectivity index (χ1n) is 22.2. The highest BCUT2D eigenvalue weighted by Gasteiger charge is 2.45. The van der Waals surface area contributed by atoms with Crippen molar-refractivity contribution in [1.82, 2.24) is 35.1 Å². The maximum atomic E-state index is 14.6. The van der Waals surface area contributed by atoms with Gasteiger partial charge in [0.05, 0.1) is 40.4 Å². The van der Waals surface area contributed by atoms with Crippen LogP contribution < -0.4 is 20.9 Å². The molecule has 5 aromatic rings. The van der Waals surface area contributed by atoms with Gasteiger partial charge in [0.15, 0.2) is 11.6 Å². The van der Waals surface area contributed by atoms with Crippen LogP contribution in [0.2, 0.25) is 0 Å². The molecule has 0 saturated carbocycles. The summed E-state index contributed by atoms with van der Waals surface area (Å²) in [6.45, 7) is 6.31. The third kappa shape index (κ3) is 8.49. The van der Waals surface area contributed by atoms with Crippen LogP contribution in [0.4, 0.5) is 20.2 Å². The minimum absolute atomic E-state index is 0.0101. The number of likely N-dealkylation sites (tertiary alicyclic amines) is 1. The highest BCUT2D eigenvalue weighted by Crippen LogP contribution is 2.41. The SMILES string of the molecule is Cc1noc(C)c1-c1ccc2c(c1)nc([C@@H]1CCCC(=O)N1c1ccc(F)c(F)c1)n2C1CCN(CC(=O)NCCCCNc2ccc3c(c2)C(=O)N(C2CCC(=O)NC2=O)C3=O)CC1. The number of nitrogens with one attached hydrogen (secondary N) is 3. The van der Waals surface area contributed by atoms with E-state index in [1.807, 2.05) is 32.0 Å². The summed E-state index contributed by atoms with van der Waals surface area (Å²) in [5.41, 5.74) is 5.51. The number of fused-ring (bicyclic) bond motifs is 2. The van der Waals surface area contributed by atoms with Crippen LogP contribution >= 0.6 is 0 Å². The second-order valence-electron chi connectivity index (χ2n) is 17.2. The number of rotatable bonds is 13. The normalized spacial score (nSPS) is 19.6. The molecular formula is C47H49F2N9O7. The summed E-state index contributed by atoms with van der Waals surface area (Å²) in [7, 11) is 0. The van der Waals surface area contributed by atoms with Gasteiger partial charge in [0.2, 0.25) is 23.6 Å². The predicted molar refractivity (Wildman–Crippen MR) is 234 cm³/mol. The number of nitrogens with zero attached hydrogens (tertiary/aromatic N) is 6. The number of unbranched alkanes of at least 4 members (excludes halogenated alkanes) is 1. The van der Waals surface area contributed by atoms with Gasteiger partial charge >= 0.3 is 0 Å². The van der Waals surface area contributed by atoms with Crippen LogP contribution in [0.1, 0.15) is 108 Å². The van der Waals surface area contributed by atoms with Crippen LogP contribution in [-0.2, 0) is 19.2 Å². The Hall–Kier alpha value is -6.82. The zero-order valence-electron chi connectivity index (χ0n) is 36.1. The summed E-state index contributed by atoms with van der Waals surface area (Å²) in [5, 5.41) is 12.6. The molecule has 6 heterocycles. The molecule has 4 aliphatic rings. The molecule has 0 spiro atoms. The van der Waals surface area contributed by atoms with Gasteiger partial charge < -0.3 is 24.6 Å². The molecule has 9 rings (SSSR count). The molecule has 3 saturated heterocycles. The number of aryl methyl sites for hydroxylation is 2. The van der Waals surface area contributed by atoms with Crippen molar-refractivity contribution in [3.63, 3.8) is 0 Å². The average Bonchev–Trinajstić information content (AvgIpc) is 3.92. The Morgan fingerprint density at radius 1 is 0.831 bits per heavy atom. The number of carbonyl (C=O) groups excluding carboxylic acids is 6. The van der Waals surface area contributed by atoms with E-state index in [4.69, 9.17) is 9.51 Å². The van der Waals surface area contributed by atoms with E-state index in [0.29, 0.717) is 75.6 Å². The Morgan fingerprint density at radius 2 is 1.62 bits per heavy atom. The molecule has 2 aromatic heterocycles. The van der Waals surface area contributed by atoms with Crippen LogP contribution in [-0.4, -0.2) is 98.7 Å². The Bertz CT molecular complexity index is 2720. The Balaban J connectivity index is 0.807. The van der Waals surface area contributed by atoms with E-state index in [1.165, 1.54) is 6.07 Å². The fourth-order valence-corrected chi connectivity index (χ4v) is 9.75. The van der Waals surface area contributed by atoms with Crippen LogP contribution in [0.3, 0.4) is 0 Å². The lowest BCUT2D eigenvalue weighted by Crippen LogP contribution is -2.54. The van der Waals surface area contributed by atoms with Crippen molar-refractivity contribution in [3.05, 3.63) is 94.6 Å². The van der Waals surface area contributed by atoms with Crippen molar-refractivity contribution in [2.75, 3.05) is 42.9 Å². The van der Waals surface area contributed by atoms with Gasteiger partial charge in [0.25, 0.3) is 11.8 Å². The highest BCUT2D eigenvalue weighted by molar-refractivity contribution is 6.23. The van der Waals surface area contributed by atoms with Crippen molar-refractivity contribution in [3.8, 4) is 11.1 Å². The number of hydrogen-bond donors (Lipinski definition) is 3. The van der Waals surface area contributed by atoms with E-state index >= 15 is 0 Å². The third-order valence-electron chi connectivity index (χ3n) is 13.0. The zero-order chi connectivity index (χ0) is 45.5. The lowest BCUT2D eigenvalue weighted by atomic mass is 9.98. The molecule has 16 nitrogen and oxygen atoms in total. The van der Waals surface area contributed by atoms with Crippen molar-refractivity contribution in [2.24, 2.45) is 0 Å². The lowest BCUT2D eigenvalue weighted by molar-refractivity contribution is -0.136. The van der Waals surface area contributed by atoms with Gasteiger partial charge in [-0.1, -0.05) is 11.2 Å². The van der Waals surface area contributed by atoms with Gasteiger partial charge in [-0.15, -0.1) is 0 Å². The van der Waals surface area contributed by atoms with E-state index in [9.17, 15) is 37.5 Å². The maximum absolute atomic E-state index is 14.6. The van der Waals surface area contributed by atoms with Crippen LogP contribution in [0.25, 0.3) is 22.2 Å². The van der Waals surface area contributed by atoms with Gasteiger partial charge in [-0.05, 0) is 107 Å². The molecule has 3 aromatic carbocycles. The fourth-order valence-electron chi connectivity index (χ4n) is 9.75. The number of amides is 6.